The molecule has 0 aliphatic rings. The van der Waals surface area contributed by atoms with Crippen molar-refractivity contribution >= 4 is 55.4 Å². The molecule has 5 aromatic rings. The zero-order chi connectivity index (χ0) is 21.9. The Morgan fingerprint density at radius 3 is 2.16 bits per heavy atom. The number of hydrogen-bond acceptors (Lipinski definition) is 3. The van der Waals surface area contributed by atoms with Gasteiger partial charge in [0.25, 0.3) is 0 Å². The summed E-state index contributed by atoms with van der Waals surface area (Å²) in [5.41, 5.74) is 6.43. The fourth-order valence-electron chi connectivity index (χ4n) is 3.59. The molecule has 2 nitrogen and oxygen atoms in total. The Kier molecular flexibility index (Phi) is 6.08. The van der Waals surface area contributed by atoms with Gasteiger partial charge in [0.05, 0.1) is 11.4 Å². The predicted octanol–water partition coefficient (Wildman–Crippen LogP) is 9.36. The molecule has 156 valence electrons. The largest absolute Gasteiger partial charge is 0.286 e. The van der Waals surface area contributed by atoms with Crippen molar-refractivity contribution in [3.8, 4) is 22.4 Å². The van der Waals surface area contributed by atoms with E-state index < -0.39 is 0 Å². The average molecular weight is 518 g/mol. The first-order chi connectivity index (χ1) is 15.7. The zero-order valence-corrected chi connectivity index (χ0v) is 20.1. The first-order valence-corrected chi connectivity index (χ1v) is 12.2. The highest BCUT2D eigenvalue weighted by Gasteiger charge is 2.20. The predicted molar refractivity (Wildman–Crippen MR) is 140 cm³/mol. The second kappa shape index (κ2) is 9.29. The highest BCUT2D eigenvalue weighted by Crippen LogP contribution is 2.42. The number of nitrogens with zero attached hydrogens (tertiary/aromatic N) is 2. The number of hydrogen-bond donors (Lipinski definition) is 0. The van der Waals surface area contributed by atoms with Gasteiger partial charge in [0.1, 0.15) is 0 Å². The Balaban J connectivity index is 1.66. The van der Waals surface area contributed by atoms with E-state index in [9.17, 15) is 0 Å². The summed E-state index contributed by atoms with van der Waals surface area (Å²) in [6, 6.07) is 35.0. The van der Waals surface area contributed by atoms with E-state index in [1.807, 2.05) is 30.3 Å². The van der Waals surface area contributed by atoms with Crippen LogP contribution in [-0.4, -0.2) is 4.98 Å². The molecule has 5 rings (SSSR count). The molecule has 0 unspecified atom stereocenters. The van der Waals surface area contributed by atoms with Crippen LogP contribution in [0.1, 0.15) is 0 Å². The highest BCUT2D eigenvalue weighted by molar-refractivity contribution is 9.10. The van der Waals surface area contributed by atoms with Gasteiger partial charge in [0, 0.05) is 31.7 Å². The number of benzene rings is 4. The summed E-state index contributed by atoms with van der Waals surface area (Å²) in [4.78, 5) is 7.23. The fourth-order valence-corrected chi connectivity index (χ4v) is 4.85. The molecular formula is C27H18BrClN2S. The zero-order valence-electron chi connectivity index (χ0n) is 17.0. The number of thiazole rings is 1. The quantitative estimate of drug-likeness (QED) is 0.231. The molecule has 0 spiro atoms. The highest BCUT2D eigenvalue weighted by atomic mass is 79.9. The Morgan fingerprint density at radius 2 is 1.41 bits per heavy atom. The van der Waals surface area contributed by atoms with Gasteiger partial charge in [-0.05, 0) is 48.0 Å². The first-order valence-electron chi connectivity index (χ1n) is 10.1. The topological polar surface area (TPSA) is 16.1 Å². The van der Waals surface area contributed by atoms with Crippen LogP contribution < -0.4 is 4.90 Å². The maximum atomic E-state index is 6.07. The van der Waals surface area contributed by atoms with Crippen LogP contribution in [0.4, 0.5) is 16.5 Å². The van der Waals surface area contributed by atoms with Gasteiger partial charge < -0.3 is 0 Å². The van der Waals surface area contributed by atoms with Crippen LogP contribution >= 0.6 is 38.9 Å². The second-order valence-corrected chi connectivity index (χ2v) is 9.41. The summed E-state index contributed by atoms with van der Waals surface area (Å²) in [7, 11) is 0. The van der Waals surface area contributed by atoms with Crippen molar-refractivity contribution in [1.29, 1.82) is 0 Å². The van der Waals surface area contributed by atoms with Gasteiger partial charge in [-0.1, -0.05) is 88.2 Å². The Morgan fingerprint density at radius 1 is 0.719 bits per heavy atom. The van der Waals surface area contributed by atoms with E-state index in [0.29, 0.717) is 0 Å². The van der Waals surface area contributed by atoms with Crippen molar-refractivity contribution in [2.24, 2.45) is 0 Å². The number of para-hydroxylation sites is 1. The molecule has 0 aliphatic carbocycles. The van der Waals surface area contributed by atoms with Crippen molar-refractivity contribution in [2.45, 2.75) is 0 Å². The summed E-state index contributed by atoms with van der Waals surface area (Å²) < 4.78 is 1.04. The molecule has 0 saturated carbocycles. The number of rotatable bonds is 5. The third-order valence-corrected chi connectivity index (χ3v) is 6.74. The molecule has 32 heavy (non-hydrogen) atoms. The molecular weight excluding hydrogens is 500 g/mol. The van der Waals surface area contributed by atoms with E-state index in [4.69, 9.17) is 16.6 Å². The standard InChI is InChI=1S/C27H18BrClN2S/c28-21-12-16-23(17-13-21)31(26-9-5-4-8-24(26)19-6-2-1-3-7-19)27-30-25(18-32-27)20-10-14-22(29)15-11-20/h1-18H. The first kappa shape index (κ1) is 21.0. The molecule has 0 aliphatic heterocycles. The molecule has 0 fully saturated rings. The van der Waals surface area contributed by atoms with E-state index >= 15 is 0 Å². The van der Waals surface area contributed by atoms with Gasteiger partial charge in [-0.3, -0.25) is 4.90 Å². The van der Waals surface area contributed by atoms with Gasteiger partial charge in [0.2, 0.25) is 0 Å². The van der Waals surface area contributed by atoms with Gasteiger partial charge >= 0.3 is 0 Å². The van der Waals surface area contributed by atoms with Gasteiger partial charge in [-0.15, -0.1) is 11.3 Å². The van der Waals surface area contributed by atoms with Crippen LogP contribution in [0.5, 0.6) is 0 Å². The van der Waals surface area contributed by atoms with Crippen molar-refractivity contribution in [3.05, 3.63) is 118 Å². The summed E-state index contributed by atoms with van der Waals surface area (Å²) in [6.45, 7) is 0. The lowest BCUT2D eigenvalue weighted by Gasteiger charge is -2.25. The molecule has 1 heterocycles. The van der Waals surface area contributed by atoms with Crippen LogP contribution in [0.25, 0.3) is 22.4 Å². The number of aromatic nitrogens is 1. The van der Waals surface area contributed by atoms with Gasteiger partial charge in [-0.2, -0.15) is 0 Å². The second-order valence-electron chi connectivity index (χ2n) is 7.22. The van der Waals surface area contributed by atoms with E-state index in [1.54, 1.807) is 11.3 Å². The Bertz CT molecular complexity index is 1330. The van der Waals surface area contributed by atoms with E-state index in [1.165, 1.54) is 5.56 Å². The van der Waals surface area contributed by atoms with Crippen LogP contribution in [0.2, 0.25) is 5.02 Å². The minimum absolute atomic E-state index is 0.720. The SMILES string of the molecule is Clc1ccc(-c2csc(N(c3ccc(Br)cc3)c3ccccc3-c3ccccc3)n2)cc1. The molecule has 1 aromatic heterocycles. The van der Waals surface area contributed by atoms with Gasteiger partial charge in [0.15, 0.2) is 5.13 Å². The molecule has 0 N–H and O–H groups in total. The third-order valence-electron chi connectivity index (χ3n) is 5.14. The molecule has 0 saturated heterocycles. The van der Waals surface area contributed by atoms with E-state index in [2.05, 4.69) is 99.0 Å². The van der Waals surface area contributed by atoms with Crippen LogP contribution in [0, 0.1) is 0 Å². The lowest BCUT2D eigenvalue weighted by molar-refractivity contribution is 1.23. The monoisotopic (exact) mass is 516 g/mol. The summed E-state index contributed by atoms with van der Waals surface area (Å²) >= 11 is 11.3. The van der Waals surface area contributed by atoms with Crippen molar-refractivity contribution in [3.63, 3.8) is 0 Å². The Hall–Kier alpha value is -2.92. The maximum Gasteiger partial charge on any atom is 0.195 e. The van der Waals surface area contributed by atoms with Gasteiger partial charge in [-0.25, -0.2) is 4.98 Å². The summed E-state index contributed by atoms with van der Waals surface area (Å²) in [6.07, 6.45) is 0. The smallest absolute Gasteiger partial charge is 0.195 e. The third kappa shape index (κ3) is 4.35. The molecule has 0 radical (unpaired) electrons. The summed E-state index contributed by atoms with van der Waals surface area (Å²) in [5.74, 6) is 0. The van der Waals surface area contributed by atoms with Crippen LogP contribution in [0.15, 0.2) is 113 Å². The lowest BCUT2D eigenvalue weighted by atomic mass is 10.0. The van der Waals surface area contributed by atoms with Crippen molar-refractivity contribution in [2.75, 3.05) is 4.90 Å². The maximum absolute atomic E-state index is 6.07. The minimum Gasteiger partial charge on any atom is -0.286 e. The lowest BCUT2D eigenvalue weighted by Crippen LogP contribution is -2.11. The molecule has 0 bridgehead atoms. The Labute approximate surface area is 204 Å². The number of halogens is 2. The van der Waals surface area contributed by atoms with Crippen LogP contribution in [0.3, 0.4) is 0 Å². The fraction of sp³-hybridized carbons (Fsp3) is 0. The molecule has 0 atom stereocenters. The normalized spacial score (nSPS) is 10.8. The average Bonchev–Trinajstić information content (AvgIpc) is 3.32. The van der Waals surface area contributed by atoms with Crippen molar-refractivity contribution < 1.29 is 0 Å². The summed E-state index contributed by atoms with van der Waals surface area (Å²) in [5, 5.41) is 3.72. The van der Waals surface area contributed by atoms with E-state index in [-0.39, 0.29) is 0 Å². The molecule has 0 amide bonds. The number of anilines is 3. The van der Waals surface area contributed by atoms with E-state index in [0.717, 1.165) is 42.8 Å². The minimum atomic E-state index is 0.720. The molecule has 4 aromatic carbocycles. The van der Waals surface area contributed by atoms with Crippen molar-refractivity contribution in [1.82, 2.24) is 4.98 Å². The molecule has 5 heteroatoms. The van der Waals surface area contributed by atoms with Crippen LogP contribution in [-0.2, 0) is 0 Å².